The second-order valence-corrected chi connectivity index (χ2v) is 29.8. The van der Waals surface area contributed by atoms with Crippen LogP contribution in [0.5, 0.6) is 11.5 Å². The number of aromatic nitrogens is 4. The average Bonchev–Trinajstić information content (AvgIpc) is 1.57. The molecular weight excluding hydrogens is 1020 g/mol. The van der Waals surface area contributed by atoms with Crippen LogP contribution in [0.4, 0.5) is 0 Å². The number of furan rings is 1. The monoisotopic (exact) mass is 1110 g/mol. The summed E-state index contributed by atoms with van der Waals surface area (Å²) in [6.45, 7) is 41.8. The number of imidazole rings is 1. The summed E-state index contributed by atoms with van der Waals surface area (Å²) in [5, 5.41) is 4.31. The molecular formula is C78H83N4O2+. The van der Waals surface area contributed by atoms with Gasteiger partial charge in [0.05, 0.1) is 16.4 Å². The molecule has 4 aromatic heterocycles. The van der Waals surface area contributed by atoms with Gasteiger partial charge in [0, 0.05) is 45.6 Å². The maximum atomic E-state index is 7.03. The minimum atomic E-state index is -0.152. The molecule has 0 fully saturated rings. The van der Waals surface area contributed by atoms with Crippen molar-refractivity contribution in [2.24, 2.45) is 0 Å². The van der Waals surface area contributed by atoms with Crippen molar-refractivity contribution in [3.05, 3.63) is 210 Å². The lowest BCUT2D eigenvalue weighted by Crippen LogP contribution is -2.31. The molecule has 0 saturated carbocycles. The first-order valence-corrected chi connectivity index (χ1v) is 30.1. The summed E-state index contributed by atoms with van der Waals surface area (Å²) < 4.78 is 20.8. The van der Waals surface area contributed by atoms with Crippen LogP contribution in [0.2, 0.25) is 0 Å². The SMILES string of the molecule is CC(C)(C)c1cc(-c2cc(C(C)(C)C)cc(-c3cc(C(C)(C)C)cc(C(C)(C)C)c3)c2-[n+]2cn(-c3cccc(Oc4ccc5c6c7oc8ccccc8c7ccc6n(-c6cc(C(C)(C)C)ccn6)c5c4)c3)c3ccccc32)cc(C(C)(C)C)c1. The van der Waals surface area contributed by atoms with Gasteiger partial charge < -0.3 is 9.15 Å². The first-order chi connectivity index (χ1) is 39.4. The third kappa shape index (κ3) is 10.2. The van der Waals surface area contributed by atoms with E-state index in [1.54, 1.807) is 0 Å². The lowest BCUT2D eigenvalue weighted by atomic mass is 9.76. The number of rotatable bonds is 7. The van der Waals surface area contributed by atoms with Gasteiger partial charge in [0.15, 0.2) is 11.0 Å². The molecule has 0 atom stereocenters. The van der Waals surface area contributed by atoms with Gasteiger partial charge in [-0.15, -0.1) is 0 Å². The van der Waals surface area contributed by atoms with Gasteiger partial charge in [-0.2, -0.15) is 9.13 Å². The van der Waals surface area contributed by atoms with Crippen LogP contribution in [-0.2, 0) is 32.5 Å². The van der Waals surface area contributed by atoms with Crippen molar-refractivity contribution in [2.75, 3.05) is 0 Å². The fourth-order valence-electron chi connectivity index (χ4n) is 12.0. The summed E-state index contributed by atoms with van der Waals surface area (Å²) in [6.07, 6.45) is 4.23. The smallest absolute Gasteiger partial charge is 0.255 e. The second kappa shape index (κ2) is 19.7. The predicted molar refractivity (Wildman–Crippen MR) is 354 cm³/mol. The highest BCUT2D eigenvalue weighted by atomic mass is 16.5. The van der Waals surface area contributed by atoms with E-state index in [0.29, 0.717) is 0 Å². The van der Waals surface area contributed by atoms with Gasteiger partial charge in [0.1, 0.15) is 39.9 Å². The third-order valence-electron chi connectivity index (χ3n) is 17.2. The molecule has 0 saturated heterocycles. The standard InChI is InChI=1S/C78H83N4O2/c1-73(2,3)50-34-35-79-69(44-50)82-66-33-32-60-59-26-19-22-29-68(59)84-72(60)70(66)61-31-30-58(46-67(61)82)83-57-25-23-24-56(45-57)80-47-81(65-28-21-20-27-64(65)80)71-62(48-36-51(74(4,5)6)40-52(37-48)75(7,8)9)42-55(78(16,17)18)43-63(71)49-38-53(76(10,11)12)41-54(39-49)77(13,14)15/h19-47H,1-18H3/q+1. The fourth-order valence-corrected chi connectivity index (χ4v) is 12.0. The quantitative estimate of drug-likeness (QED) is 0.149. The summed E-state index contributed by atoms with van der Waals surface area (Å²) in [5.41, 5.74) is 20.1. The first-order valence-electron chi connectivity index (χ1n) is 30.1. The molecule has 6 heteroatoms. The molecule has 84 heavy (non-hydrogen) atoms. The molecule has 8 aromatic carbocycles. The number of ether oxygens (including phenoxy) is 1. The predicted octanol–water partition coefficient (Wildman–Crippen LogP) is 21.2. The van der Waals surface area contributed by atoms with E-state index in [9.17, 15) is 0 Å². The Morgan fingerprint density at radius 1 is 0.417 bits per heavy atom. The van der Waals surface area contributed by atoms with E-state index >= 15 is 0 Å². The number of hydrogen-bond donors (Lipinski definition) is 0. The highest BCUT2D eigenvalue weighted by molar-refractivity contribution is 6.24. The van der Waals surface area contributed by atoms with E-state index in [1.807, 2.05) is 18.3 Å². The van der Waals surface area contributed by atoms with Crippen LogP contribution in [0.25, 0.3) is 94.2 Å². The Morgan fingerprint density at radius 2 is 0.952 bits per heavy atom. The van der Waals surface area contributed by atoms with Crippen LogP contribution in [-0.4, -0.2) is 14.1 Å². The first kappa shape index (κ1) is 56.3. The molecule has 4 heterocycles. The minimum Gasteiger partial charge on any atom is -0.457 e. The zero-order valence-electron chi connectivity index (χ0n) is 52.8. The molecule has 12 rings (SSSR count). The maximum Gasteiger partial charge on any atom is 0.255 e. The minimum absolute atomic E-state index is 0.0735. The largest absolute Gasteiger partial charge is 0.457 e. The van der Waals surface area contributed by atoms with Gasteiger partial charge >= 0.3 is 0 Å². The Kier molecular flexibility index (Phi) is 13.2. The van der Waals surface area contributed by atoms with Gasteiger partial charge in [0.2, 0.25) is 0 Å². The second-order valence-electron chi connectivity index (χ2n) is 29.8. The average molecular weight is 1110 g/mol. The molecule has 0 aliphatic heterocycles. The molecule has 0 spiro atoms. The fraction of sp³-hybridized carbons (Fsp3) is 0.308. The molecule has 0 bridgehead atoms. The van der Waals surface area contributed by atoms with Crippen LogP contribution < -0.4 is 9.30 Å². The van der Waals surface area contributed by atoms with E-state index in [-0.39, 0.29) is 32.5 Å². The molecule has 0 aliphatic carbocycles. The van der Waals surface area contributed by atoms with Crippen molar-refractivity contribution >= 4 is 54.8 Å². The number of nitrogens with zero attached hydrogens (tertiary/aromatic N) is 4. The zero-order valence-corrected chi connectivity index (χ0v) is 52.8. The molecule has 12 aromatic rings. The Hall–Kier alpha value is -8.22. The van der Waals surface area contributed by atoms with Crippen LogP contribution >= 0.6 is 0 Å². The Labute approximate surface area is 497 Å². The van der Waals surface area contributed by atoms with Crippen molar-refractivity contribution in [1.82, 2.24) is 14.1 Å². The van der Waals surface area contributed by atoms with Crippen molar-refractivity contribution in [3.63, 3.8) is 0 Å². The molecule has 0 radical (unpaired) electrons. The molecule has 0 aliphatic rings. The number of para-hydroxylation sites is 3. The van der Waals surface area contributed by atoms with E-state index < -0.39 is 0 Å². The van der Waals surface area contributed by atoms with Crippen LogP contribution in [0, 0.1) is 0 Å². The third-order valence-corrected chi connectivity index (χ3v) is 17.2. The number of fused-ring (bicyclic) bond motifs is 8. The molecule has 0 unspecified atom stereocenters. The van der Waals surface area contributed by atoms with Crippen LogP contribution in [0.3, 0.4) is 0 Å². The van der Waals surface area contributed by atoms with Gasteiger partial charge in [0.25, 0.3) is 6.33 Å². The Bertz CT molecular complexity index is 4410. The zero-order chi connectivity index (χ0) is 59.8. The lowest BCUT2D eigenvalue weighted by molar-refractivity contribution is -0.566. The number of benzene rings is 8. The van der Waals surface area contributed by atoms with Crippen LogP contribution in [0.15, 0.2) is 181 Å². The van der Waals surface area contributed by atoms with Gasteiger partial charge in [-0.05, 0) is 156 Å². The number of hydrogen-bond acceptors (Lipinski definition) is 3. The summed E-state index contributed by atoms with van der Waals surface area (Å²) in [4.78, 5) is 5.03. The van der Waals surface area contributed by atoms with E-state index in [4.69, 9.17) is 14.1 Å². The van der Waals surface area contributed by atoms with Crippen molar-refractivity contribution < 1.29 is 13.7 Å². The van der Waals surface area contributed by atoms with Gasteiger partial charge in [-0.1, -0.05) is 197 Å². The summed E-state index contributed by atoms with van der Waals surface area (Å²) in [5.74, 6) is 2.29. The van der Waals surface area contributed by atoms with Gasteiger partial charge in [-0.3, -0.25) is 4.57 Å². The molecule has 0 amide bonds. The van der Waals surface area contributed by atoms with Crippen molar-refractivity contribution in [1.29, 1.82) is 0 Å². The highest BCUT2D eigenvalue weighted by Gasteiger charge is 2.32. The summed E-state index contributed by atoms with van der Waals surface area (Å²) >= 11 is 0. The topological polar surface area (TPSA) is 49.0 Å². The number of pyridine rings is 1. The van der Waals surface area contributed by atoms with E-state index in [2.05, 4.69) is 296 Å². The summed E-state index contributed by atoms with van der Waals surface area (Å²) in [7, 11) is 0. The normalized spacial score (nSPS) is 13.1. The Balaban J connectivity index is 1.07. The molecule has 0 N–H and O–H groups in total. The van der Waals surface area contributed by atoms with Crippen molar-refractivity contribution in [2.45, 2.75) is 157 Å². The van der Waals surface area contributed by atoms with E-state index in [0.717, 1.165) is 83.5 Å². The molecule has 426 valence electrons. The Morgan fingerprint density at radius 3 is 1.55 bits per heavy atom. The van der Waals surface area contributed by atoms with E-state index in [1.165, 1.54) is 55.6 Å². The summed E-state index contributed by atoms with van der Waals surface area (Å²) in [6, 6.07) is 60.5. The van der Waals surface area contributed by atoms with Gasteiger partial charge in [-0.25, -0.2) is 4.98 Å². The highest BCUT2D eigenvalue weighted by Crippen LogP contribution is 2.46. The van der Waals surface area contributed by atoms with Crippen molar-refractivity contribution in [3.8, 4) is 50.9 Å². The molecule has 6 nitrogen and oxygen atoms in total. The maximum absolute atomic E-state index is 7.03. The van der Waals surface area contributed by atoms with Crippen LogP contribution in [0.1, 0.15) is 158 Å². The lowest BCUT2D eigenvalue weighted by Gasteiger charge is -2.29.